The zero-order chi connectivity index (χ0) is 9.14. The van der Waals surface area contributed by atoms with Crippen LogP contribution in [-0.2, 0) is 14.4 Å². The van der Waals surface area contributed by atoms with Crippen LogP contribution in [0.15, 0.2) is 0 Å². The van der Waals surface area contributed by atoms with Gasteiger partial charge in [-0.3, -0.25) is 24.6 Å². The summed E-state index contributed by atoms with van der Waals surface area (Å²) in [4.78, 5) is 33.2. The van der Waals surface area contributed by atoms with Crippen molar-refractivity contribution in [2.45, 2.75) is 0 Å². The van der Waals surface area contributed by atoms with E-state index in [9.17, 15) is 14.4 Å². The molecule has 0 bridgehead atoms. The molecule has 0 spiro atoms. The maximum Gasteiger partial charge on any atom is 0.243 e. The first-order chi connectivity index (χ1) is 5.61. The number of amides is 3. The summed E-state index contributed by atoms with van der Waals surface area (Å²) >= 11 is 0. The predicted molar refractivity (Wildman–Crippen MR) is 38.8 cm³/mol. The number of nitrogens with one attached hydrogen (secondary N) is 1. The minimum atomic E-state index is -0.682. The number of hydrogen-bond acceptors (Lipinski definition) is 4. The molecule has 3 N–H and O–H groups in total. The Morgan fingerprint density at radius 1 is 1.42 bits per heavy atom. The number of imide groups is 1. The first-order valence-corrected chi connectivity index (χ1v) is 3.43. The third kappa shape index (κ3) is 1.79. The third-order valence-electron chi connectivity index (χ3n) is 1.47. The van der Waals surface area contributed by atoms with Crippen LogP contribution in [0.5, 0.6) is 0 Å². The fourth-order valence-electron chi connectivity index (χ4n) is 0.939. The summed E-state index contributed by atoms with van der Waals surface area (Å²) in [6, 6.07) is 0. The summed E-state index contributed by atoms with van der Waals surface area (Å²) in [6.07, 6.45) is 0. The highest BCUT2D eigenvalue weighted by Gasteiger charge is 2.26. The quantitative estimate of drug-likeness (QED) is 0.447. The Bertz CT molecular complexity index is 222. The maximum absolute atomic E-state index is 11.0. The molecule has 6 heteroatoms. The molecule has 1 rings (SSSR count). The molecular formula is C6H9N3O3. The SMILES string of the molecule is NC(=O)CN1C(=O)CNCC1=O. The van der Waals surface area contributed by atoms with E-state index in [1.165, 1.54) is 0 Å². The van der Waals surface area contributed by atoms with E-state index in [1.54, 1.807) is 0 Å². The van der Waals surface area contributed by atoms with Crippen LogP contribution in [0, 0.1) is 0 Å². The van der Waals surface area contributed by atoms with Crippen LogP contribution in [0.4, 0.5) is 0 Å². The van der Waals surface area contributed by atoms with Gasteiger partial charge >= 0.3 is 0 Å². The molecule has 6 nitrogen and oxygen atoms in total. The molecule has 66 valence electrons. The van der Waals surface area contributed by atoms with Gasteiger partial charge in [-0.25, -0.2) is 0 Å². The molecule has 0 atom stereocenters. The molecule has 0 aromatic heterocycles. The highest BCUT2D eigenvalue weighted by atomic mass is 16.2. The minimum absolute atomic E-state index is 0.0824. The highest BCUT2D eigenvalue weighted by molar-refractivity contribution is 6.02. The van der Waals surface area contributed by atoms with Crippen LogP contribution < -0.4 is 11.1 Å². The largest absolute Gasteiger partial charge is 0.368 e. The summed E-state index contributed by atoms with van der Waals surface area (Å²) in [5, 5.41) is 2.59. The molecule has 0 saturated carbocycles. The normalized spacial score (nSPS) is 18.2. The molecule has 0 unspecified atom stereocenters. The molecule has 0 aromatic carbocycles. The van der Waals surface area contributed by atoms with Gasteiger partial charge in [0.1, 0.15) is 6.54 Å². The summed E-state index contributed by atoms with van der Waals surface area (Å²) in [6.45, 7) is -0.155. The molecule has 0 aliphatic carbocycles. The van der Waals surface area contributed by atoms with Crippen molar-refractivity contribution in [1.82, 2.24) is 10.2 Å². The first kappa shape index (κ1) is 8.66. The van der Waals surface area contributed by atoms with Crippen molar-refractivity contribution in [3.05, 3.63) is 0 Å². The van der Waals surface area contributed by atoms with E-state index in [4.69, 9.17) is 5.73 Å². The Labute approximate surface area is 68.7 Å². The Balaban J connectivity index is 2.63. The fourth-order valence-corrected chi connectivity index (χ4v) is 0.939. The first-order valence-electron chi connectivity index (χ1n) is 3.43. The molecule has 1 aliphatic rings. The lowest BCUT2D eigenvalue weighted by Gasteiger charge is -2.23. The number of carbonyl (C=O) groups excluding carboxylic acids is 3. The van der Waals surface area contributed by atoms with Gasteiger partial charge in [-0.05, 0) is 0 Å². The van der Waals surface area contributed by atoms with E-state index in [-0.39, 0.29) is 19.6 Å². The van der Waals surface area contributed by atoms with Crippen molar-refractivity contribution < 1.29 is 14.4 Å². The Hall–Kier alpha value is -1.43. The Kier molecular flexibility index (Phi) is 2.39. The lowest BCUT2D eigenvalue weighted by molar-refractivity contribution is -0.148. The zero-order valence-corrected chi connectivity index (χ0v) is 6.37. The van der Waals surface area contributed by atoms with Gasteiger partial charge in [0.2, 0.25) is 17.7 Å². The lowest BCUT2D eigenvalue weighted by atomic mass is 10.3. The smallest absolute Gasteiger partial charge is 0.243 e. The molecule has 1 aliphatic heterocycles. The van der Waals surface area contributed by atoms with E-state index in [0.717, 1.165) is 4.90 Å². The number of carbonyl (C=O) groups is 3. The van der Waals surface area contributed by atoms with Crippen LogP contribution >= 0.6 is 0 Å². The third-order valence-corrected chi connectivity index (χ3v) is 1.47. The van der Waals surface area contributed by atoms with Crippen molar-refractivity contribution in [3.63, 3.8) is 0 Å². The number of nitrogens with two attached hydrogens (primary N) is 1. The molecule has 1 saturated heterocycles. The van der Waals surface area contributed by atoms with Crippen molar-refractivity contribution in [2.24, 2.45) is 5.73 Å². The van der Waals surface area contributed by atoms with Gasteiger partial charge in [0, 0.05) is 0 Å². The fraction of sp³-hybridized carbons (Fsp3) is 0.500. The number of piperazine rings is 1. The van der Waals surface area contributed by atoms with Crippen LogP contribution in [0.1, 0.15) is 0 Å². The monoisotopic (exact) mass is 171 g/mol. The van der Waals surface area contributed by atoms with Crippen LogP contribution in [0.3, 0.4) is 0 Å². The average molecular weight is 171 g/mol. The van der Waals surface area contributed by atoms with Gasteiger partial charge in [-0.1, -0.05) is 0 Å². The number of hydrogen-bond donors (Lipinski definition) is 2. The van der Waals surface area contributed by atoms with Crippen molar-refractivity contribution in [2.75, 3.05) is 19.6 Å². The highest BCUT2D eigenvalue weighted by Crippen LogP contribution is 1.94. The number of nitrogens with zero attached hydrogens (tertiary/aromatic N) is 1. The Morgan fingerprint density at radius 2 is 1.92 bits per heavy atom. The van der Waals surface area contributed by atoms with E-state index in [2.05, 4.69) is 5.32 Å². The maximum atomic E-state index is 11.0. The molecule has 0 radical (unpaired) electrons. The van der Waals surface area contributed by atoms with Gasteiger partial charge in [0.05, 0.1) is 13.1 Å². The second kappa shape index (κ2) is 3.31. The van der Waals surface area contributed by atoms with Crippen LogP contribution in [0.25, 0.3) is 0 Å². The molecule has 1 fully saturated rings. The van der Waals surface area contributed by atoms with Crippen molar-refractivity contribution in [1.29, 1.82) is 0 Å². The topological polar surface area (TPSA) is 92.5 Å². The van der Waals surface area contributed by atoms with E-state index in [1.807, 2.05) is 0 Å². The van der Waals surface area contributed by atoms with E-state index >= 15 is 0 Å². The number of rotatable bonds is 2. The summed E-state index contributed by atoms with van der Waals surface area (Å²) in [5.41, 5.74) is 4.84. The second-order valence-electron chi connectivity index (χ2n) is 2.44. The number of primary amides is 1. The van der Waals surface area contributed by atoms with Gasteiger partial charge in [-0.2, -0.15) is 0 Å². The van der Waals surface area contributed by atoms with Crippen LogP contribution in [0.2, 0.25) is 0 Å². The summed E-state index contributed by atoms with van der Waals surface area (Å²) in [5.74, 6) is -1.51. The standard InChI is InChI=1S/C6H9N3O3/c7-4(10)3-9-5(11)1-8-2-6(9)12/h8H,1-3H2,(H2,7,10). The minimum Gasteiger partial charge on any atom is -0.368 e. The molecule has 3 amide bonds. The van der Waals surface area contributed by atoms with Crippen molar-refractivity contribution >= 4 is 17.7 Å². The molecular weight excluding hydrogens is 162 g/mol. The predicted octanol–water partition coefficient (Wildman–Crippen LogP) is -2.57. The zero-order valence-electron chi connectivity index (χ0n) is 6.37. The van der Waals surface area contributed by atoms with Gasteiger partial charge in [0.15, 0.2) is 0 Å². The van der Waals surface area contributed by atoms with E-state index in [0.29, 0.717) is 0 Å². The summed E-state index contributed by atoms with van der Waals surface area (Å²) < 4.78 is 0. The molecule has 12 heavy (non-hydrogen) atoms. The average Bonchev–Trinajstić information content (AvgIpc) is 1.97. The van der Waals surface area contributed by atoms with Gasteiger partial charge in [-0.15, -0.1) is 0 Å². The van der Waals surface area contributed by atoms with Gasteiger partial charge in [0.25, 0.3) is 0 Å². The molecule has 0 aromatic rings. The van der Waals surface area contributed by atoms with Crippen molar-refractivity contribution in [3.8, 4) is 0 Å². The summed E-state index contributed by atoms with van der Waals surface area (Å²) in [7, 11) is 0. The Morgan fingerprint density at radius 3 is 2.33 bits per heavy atom. The molecule has 1 heterocycles. The van der Waals surface area contributed by atoms with Crippen LogP contribution in [-0.4, -0.2) is 42.3 Å². The lowest BCUT2D eigenvalue weighted by Crippen LogP contribution is -2.54. The van der Waals surface area contributed by atoms with E-state index < -0.39 is 17.7 Å². The van der Waals surface area contributed by atoms with Gasteiger partial charge < -0.3 is 5.73 Å². The second-order valence-corrected chi connectivity index (χ2v) is 2.44.